The van der Waals surface area contributed by atoms with Crippen LogP contribution in [0.25, 0.3) is 0 Å². The van der Waals surface area contributed by atoms with Gasteiger partial charge >= 0.3 is 5.97 Å². The lowest BCUT2D eigenvalue weighted by molar-refractivity contribution is -0.385. The number of carbonyl (C=O) groups excluding carboxylic acids is 1. The fraction of sp³-hybridized carbons (Fsp3) is 0.462. The number of ether oxygens (including phenoxy) is 1. The maximum Gasteiger partial charge on any atom is 0.310 e. The van der Waals surface area contributed by atoms with Gasteiger partial charge in [-0.25, -0.2) is 0 Å². The van der Waals surface area contributed by atoms with E-state index in [4.69, 9.17) is 4.74 Å². The molecule has 1 aliphatic rings. The molecule has 1 aliphatic heterocycles. The van der Waals surface area contributed by atoms with Gasteiger partial charge in [0.25, 0.3) is 5.69 Å². The van der Waals surface area contributed by atoms with Gasteiger partial charge in [-0.1, -0.05) is 0 Å². The largest absolute Gasteiger partial charge is 0.469 e. The summed E-state index contributed by atoms with van der Waals surface area (Å²) in [5.41, 5.74) is 1.57. The first-order chi connectivity index (χ1) is 9.43. The van der Waals surface area contributed by atoms with Crippen molar-refractivity contribution in [1.29, 1.82) is 0 Å². The molecule has 0 spiro atoms. The lowest BCUT2D eigenvalue weighted by Crippen LogP contribution is -2.24. The highest BCUT2D eigenvalue weighted by atomic mass is 79.9. The Bertz CT molecular complexity index is 562. The van der Waals surface area contributed by atoms with Gasteiger partial charge in [-0.15, -0.1) is 0 Å². The minimum Gasteiger partial charge on any atom is -0.469 e. The predicted octanol–water partition coefficient (Wildman–Crippen LogP) is 2.67. The second-order valence-electron chi connectivity index (χ2n) is 4.80. The fourth-order valence-corrected chi connectivity index (χ4v) is 3.01. The van der Waals surface area contributed by atoms with Gasteiger partial charge in [0.15, 0.2) is 0 Å². The average molecular weight is 343 g/mol. The van der Waals surface area contributed by atoms with Gasteiger partial charge in [0.2, 0.25) is 0 Å². The van der Waals surface area contributed by atoms with E-state index < -0.39 is 4.92 Å². The SMILES string of the molecule is COC(=O)C1CCN(c2cc(C)c([N+](=O)[O-])cc2Br)C1. The summed E-state index contributed by atoms with van der Waals surface area (Å²) >= 11 is 3.37. The second-order valence-corrected chi connectivity index (χ2v) is 5.66. The lowest BCUT2D eigenvalue weighted by atomic mass is 10.1. The highest BCUT2D eigenvalue weighted by molar-refractivity contribution is 9.10. The molecular weight excluding hydrogens is 328 g/mol. The van der Waals surface area contributed by atoms with Crippen molar-refractivity contribution in [2.24, 2.45) is 5.92 Å². The second kappa shape index (κ2) is 5.78. The summed E-state index contributed by atoms with van der Waals surface area (Å²) in [7, 11) is 1.39. The molecule has 0 radical (unpaired) electrons. The first kappa shape index (κ1) is 14.8. The Morgan fingerprint density at radius 1 is 1.55 bits per heavy atom. The van der Waals surface area contributed by atoms with Gasteiger partial charge in [0.05, 0.1) is 23.6 Å². The molecule has 1 atom stereocenters. The Kier molecular flexibility index (Phi) is 4.27. The van der Waals surface area contributed by atoms with E-state index in [0.717, 1.165) is 18.7 Å². The number of nitrogens with zero attached hydrogens (tertiary/aromatic N) is 2. The van der Waals surface area contributed by atoms with Crippen LogP contribution in [-0.2, 0) is 9.53 Å². The first-order valence-electron chi connectivity index (χ1n) is 6.21. The zero-order valence-corrected chi connectivity index (χ0v) is 12.8. The lowest BCUT2D eigenvalue weighted by Gasteiger charge is -2.20. The summed E-state index contributed by atoms with van der Waals surface area (Å²) in [5, 5.41) is 10.9. The number of hydrogen-bond acceptors (Lipinski definition) is 5. The van der Waals surface area contributed by atoms with Crippen LogP contribution in [0.15, 0.2) is 16.6 Å². The van der Waals surface area contributed by atoms with E-state index in [1.54, 1.807) is 13.0 Å². The molecule has 1 unspecified atom stereocenters. The molecule has 0 saturated carbocycles. The van der Waals surface area contributed by atoms with Crippen molar-refractivity contribution in [2.75, 3.05) is 25.1 Å². The van der Waals surface area contributed by atoms with Crippen molar-refractivity contribution in [3.63, 3.8) is 0 Å². The van der Waals surface area contributed by atoms with Crippen molar-refractivity contribution in [3.05, 3.63) is 32.3 Å². The molecule has 1 aromatic rings. The van der Waals surface area contributed by atoms with E-state index in [1.165, 1.54) is 13.2 Å². The molecule has 20 heavy (non-hydrogen) atoms. The van der Waals surface area contributed by atoms with Crippen molar-refractivity contribution in [3.8, 4) is 0 Å². The van der Waals surface area contributed by atoms with E-state index in [2.05, 4.69) is 15.9 Å². The Morgan fingerprint density at radius 3 is 2.85 bits per heavy atom. The van der Waals surface area contributed by atoms with Gasteiger partial charge in [-0.2, -0.15) is 0 Å². The standard InChI is InChI=1S/C13H15BrN2O4/c1-8-5-12(10(14)6-11(8)16(18)19)15-4-3-9(7-15)13(17)20-2/h5-6,9H,3-4,7H2,1-2H3. The Morgan fingerprint density at radius 2 is 2.25 bits per heavy atom. The number of halogens is 1. The summed E-state index contributed by atoms with van der Waals surface area (Å²) in [4.78, 5) is 24.1. The molecule has 0 aliphatic carbocycles. The highest BCUT2D eigenvalue weighted by Crippen LogP contribution is 2.35. The summed E-state index contributed by atoms with van der Waals surface area (Å²) in [6.45, 7) is 3.01. The molecule has 0 amide bonds. The van der Waals surface area contributed by atoms with Crippen LogP contribution in [0, 0.1) is 23.0 Å². The van der Waals surface area contributed by atoms with Gasteiger partial charge in [0, 0.05) is 29.2 Å². The van der Waals surface area contributed by atoms with E-state index >= 15 is 0 Å². The number of aryl methyl sites for hydroxylation is 1. The van der Waals surface area contributed by atoms with Crippen molar-refractivity contribution < 1.29 is 14.5 Å². The Hall–Kier alpha value is -1.63. The zero-order valence-electron chi connectivity index (χ0n) is 11.3. The number of anilines is 1. The number of benzene rings is 1. The van der Waals surface area contributed by atoms with Crippen LogP contribution in [-0.4, -0.2) is 31.1 Å². The summed E-state index contributed by atoms with van der Waals surface area (Å²) in [5.74, 6) is -0.343. The maximum atomic E-state index is 11.5. The normalized spacial score (nSPS) is 18.1. The first-order valence-corrected chi connectivity index (χ1v) is 7.00. The van der Waals surface area contributed by atoms with E-state index in [0.29, 0.717) is 16.6 Å². The molecule has 1 saturated heterocycles. The smallest absolute Gasteiger partial charge is 0.310 e. The van der Waals surface area contributed by atoms with Gasteiger partial charge in [0.1, 0.15) is 0 Å². The molecule has 7 heteroatoms. The molecule has 1 heterocycles. The summed E-state index contributed by atoms with van der Waals surface area (Å²) in [6.07, 6.45) is 0.731. The number of nitro benzene ring substituents is 1. The monoisotopic (exact) mass is 342 g/mol. The Labute approximate surface area is 125 Å². The number of esters is 1. The zero-order chi connectivity index (χ0) is 14.9. The molecule has 0 N–H and O–H groups in total. The van der Waals surface area contributed by atoms with Crippen LogP contribution in [0.4, 0.5) is 11.4 Å². The van der Waals surface area contributed by atoms with Gasteiger partial charge in [-0.05, 0) is 35.3 Å². The van der Waals surface area contributed by atoms with Gasteiger partial charge in [-0.3, -0.25) is 14.9 Å². The predicted molar refractivity (Wildman–Crippen MR) is 77.9 cm³/mol. The number of methoxy groups -OCH3 is 1. The fourth-order valence-electron chi connectivity index (χ4n) is 2.43. The summed E-state index contributed by atoms with van der Waals surface area (Å²) < 4.78 is 5.42. The number of hydrogen-bond donors (Lipinski definition) is 0. The third-order valence-corrected chi connectivity index (χ3v) is 4.16. The van der Waals surface area contributed by atoms with Crippen LogP contribution in [0.1, 0.15) is 12.0 Å². The maximum absolute atomic E-state index is 11.5. The molecule has 108 valence electrons. The minimum absolute atomic E-state index is 0.0874. The van der Waals surface area contributed by atoms with Crippen LogP contribution in [0.5, 0.6) is 0 Å². The van der Waals surface area contributed by atoms with Crippen LogP contribution in [0.2, 0.25) is 0 Å². The summed E-state index contributed by atoms with van der Waals surface area (Å²) in [6, 6.07) is 3.29. The number of carbonyl (C=O) groups is 1. The molecule has 6 nitrogen and oxygen atoms in total. The van der Waals surface area contributed by atoms with Crippen LogP contribution in [0.3, 0.4) is 0 Å². The molecule has 1 fully saturated rings. The molecular formula is C13H15BrN2O4. The molecule has 2 rings (SSSR count). The van der Waals surface area contributed by atoms with Crippen molar-refractivity contribution >= 4 is 33.3 Å². The van der Waals surface area contributed by atoms with E-state index in [9.17, 15) is 14.9 Å². The quantitative estimate of drug-likeness (QED) is 0.479. The third-order valence-electron chi connectivity index (χ3n) is 3.53. The molecule has 0 bridgehead atoms. The molecule has 0 aromatic heterocycles. The average Bonchev–Trinajstić information content (AvgIpc) is 2.89. The van der Waals surface area contributed by atoms with Gasteiger partial charge < -0.3 is 9.64 Å². The highest BCUT2D eigenvalue weighted by Gasteiger charge is 2.30. The van der Waals surface area contributed by atoms with E-state index in [-0.39, 0.29) is 17.6 Å². The van der Waals surface area contributed by atoms with Crippen molar-refractivity contribution in [1.82, 2.24) is 0 Å². The minimum atomic E-state index is -0.398. The van der Waals surface area contributed by atoms with E-state index in [1.807, 2.05) is 4.90 Å². The molecule has 1 aromatic carbocycles. The number of nitro groups is 1. The Balaban J connectivity index is 2.25. The van der Waals surface area contributed by atoms with Crippen LogP contribution < -0.4 is 4.90 Å². The van der Waals surface area contributed by atoms with Crippen molar-refractivity contribution in [2.45, 2.75) is 13.3 Å². The third kappa shape index (κ3) is 2.77. The number of rotatable bonds is 3. The van der Waals surface area contributed by atoms with Crippen LogP contribution >= 0.6 is 15.9 Å². The topological polar surface area (TPSA) is 72.7 Å².